The third-order valence-corrected chi connectivity index (χ3v) is 14.2. The number of fused-ring (bicyclic) bond motifs is 9. The molecular weight excluding hydrogens is 783 g/mol. The SMILES string of the molecule is CC1(C)c2ccccc2C2(c3ccccc3-c3ccccc32)c2cc(-c3ccccc3N(c3cccc(-c4ccccc4)c3)c3ccc(-c4ccccc4)c(-c4ccccc4)c3)ccc21. The van der Waals surface area contributed by atoms with Crippen LogP contribution in [0.1, 0.15) is 47.2 Å². The Balaban J connectivity index is 1.11. The predicted octanol–water partition coefficient (Wildman–Crippen LogP) is 16.8. The maximum atomic E-state index is 2.54. The summed E-state index contributed by atoms with van der Waals surface area (Å²) >= 11 is 0. The highest BCUT2D eigenvalue weighted by Crippen LogP contribution is 2.62. The Morgan fingerprint density at radius 2 is 0.754 bits per heavy atom. The minimum Gasteiger partial charge on any atom is -0.310 e. The number of anilines is 3. The van der Waals surface area contributed by atoms with E-state index in [2.05, 4.69) is 267 Å². The molecule has 10 aromatic rings. The van der Waals surface area contributed by atoms with Crippen molar-refractivity contribution in [2.75, 3.05) is 4.90 Å². The largest absolute Gasteiger partial charge is 0.310 e. The van der Waals surface area contributed by atoms with Crippen LogP contribution < -0.4 is 4.90 Å². The second-order valence-electron chi connectivity index (χ2n) is 18.0. The molecular formula is C64H47N. The molecule has 0 saturated carbocycles. The first-order valence-corrected chi connectivity index (χ1v) is 22.8. The van der Waals surface area contributed by atoms with Gasteiger partial charge < -0.3 is 4.90 Å². The van der Waals surface area contributed by atoms with Gasteiger partial charge in [-0.2, -0.15) is 0 Å². The second-order valence-corrected chi connectivity index (χ2v) is 18.0. The summed E-state index contributed by atoms with van der Waals surface area (Å²) in [6.07, 6.45) is 0. The van der Waals surface area contributed by atoms with E-state index in [0.29, 0.717) is 0 Å². The molecule has 0 aromatic heterocycles. The van der Waals surface area contributed by atoms with Crippen LogP contribution in [0.5, 0.6) is 0 Å². The molecule has 0 radical (unpaired) electrons. The molecule has 0 bridgehead atoms. The summed E-state index contributed by atoms with van der Waals surface area (Å²) < 4.78 is 0. The van der Waals surface area contributed by atoms with Crippen LogP contribution in [-0.2, 0) is 10.8 Å². The Hall–Kier alpha value is -8.00. The molecule has 0 unspecified atom stereocenters. The van der Waals surface area contributed by atoms with Crippen LogP contribution in [0.4, 0.5) is 17.1 Å². The Kier molecular flexibility index (Phi) is 9.14. The normalized spacial score (nSPS) is 13.6. The lowest BCUT2D eigenvalue weighted by molar-refractivity contribution is 0.563. The van der Waals surface area contributed by atoms with Gasteiger partial charge in [0.1, 0.15) is 0 Å². The van der Waals surface area contributed by atoms with Crippen LogP contribution in [-0.4, -0.2) is 0 Å². The third kappa shape index (κ3) is 6.07. The highest BCUT2D eigenvalue weighted by atomic mass is 15.1. The Morgan fingerprint density at radius 1 is 0.262 bits per heavy atom. The van der Waals surface area contributed by atoms with Gasteiger partial charge in [-0.15, -0.1) is 0 Å². The van der Waals surface area contributed by atoms with E-state index in [1.165, 1.54) is 89.0 Å². The van der Waals surface area contributed by atoms with Gasteiger partial charge in [-0.05, 0) is 120 Å². The average Bonchev–Trinajstić information content (AvgIpc) is 3.67. The van der Waals surface area contributed by atoms with E-state index in [1.807, 2.05) is 0 Å². The van der Waals surface area contributed by atoms with Gasteiger partial charge in [0.15, 0.2) is 0 Å². The summed E-state index contributed by atoms with van der Waals surface area (Å²) in [5, 5.41) is 0. The minimum atomic E-state index is -0.485. The molecule has 0 fully saturated rings. The quantitative estimate of drug-likeness (QED) is 0.155. The Bertz CT molecular complexity index is 3350. The van der Waals surface area contributed by atoms with E-state index in [9.17, 15) is 0 Å². The molecule has 0 aliphatic heterocycles. The van der Waals surface area contributed by atoms with Gasteiger partial charge in [0.2, 0.25) is 0 Å². The van der Waals surface area contributed by atoms with E-state index < -0.39 is 5.41 Å². The van der Waals surface area contributed by atoms with E-state index in [1.54, 1.807) is 0 Å². The number of hydrogen-bond acceptors (Lipinski definition) is 1. The molecule has 0 atom stereocenters. The van der Waals surface area contributed by atoms with E-state index >= 15 is 0 Å². The Labute approximate surface area is 382 Å². The maximum absolute atomic E-state index is 2.54. The van der Waals surface area contributed by atoms with Crippen LogP contribution >= 0.6 is 0 Å². The first-order chi connectivity index (χ1) is 32.0. The van der Waals surface area contributed by atoms with Crippen LogP contribution in [0.3, 0.4) is 0 Å². The fraction of sp³-hybridized carbons (Fsp3) is 0.0625. The molecule has 308 valence electrons. The highest BCUT2D eigenvalue weighted by Gasteiger charge is 2.53. The zero-order valence-corrected chi connectivity index (χ0v) is 36.6. The monoisotopic (exact) mass is 829 g/mol. The molecule has 0 amide bonds. The van der Waals surface area contributed by atoms with Gasteiger partial charge in [0.25, 0.3) is 0 Å². The molecule has 12 rings (SSSR count). The third-order valence-electron chi connectivity index (χ3n) is 14.2. The fourth-order valence-corrected chi connectivity index (χ4v) is 11.2. The highest BCUT2D eigenvalue weighted by molar-refractivity contribution is 5.94. The zero-order valence-electron chi connectivity index (χ0n) is 36.6. The van der Waals surface area contributed by atoms with Crippen molar-refractivity contribution in [1.29, 1.82) is 0 Å². The molecule has 0 saturated heterocycles. The molecule has 2 aliphatic carbocycles. The molecule has 1 heteroatoms. The Morgan fingerprint density at radius 3 is 1.42 bits per heavy atom. The molecule has 65 heavy (non-hydrogen) atoms. The smallest absolute Gasteiger partial charge is 0.0719 e. The van der Waals surface area contributed by atoms with Gasteiger partial charge in [-0.3, -0.25) is 0 Å². The lowest BCUT2D eigenvalue weighted by Gasteiger charge is -2.47. The topological polar surface area (TPSA) is 3.24 Å². The minimum absolute atomic E-state index is 0.222. The number of benzene rings is 10. The van der Waals surface area contributed by atoms with Crippen molar-refractivity contribution in [3.63, 3.8) is 0 Å². The number of hydrogen-bond donors (Lipinski definition) is 0. The number of para-hydroxylation sites is 1. The fourth-order valence-electron chi connectivity index (χ4n) is 11.2. The van der Waals surface area contributed by atoms with Gasteiger partial charge in [0, 0.05) is 22.4 Å². The standard InChI is InChI=1S/C64H47N/c1-63(2)58-34-17-18-35-60(58)64(56-32-15-12-30-53(56)54-31-13-16-33-57(54)64)61-42-48(37-40-59(61)63)52-29-14-19-36-62(52)65(49-28-20-27-47(41-49)44-21-6-3-7-22-44)50-38-39-51(45-23-8-4-9-24-45)55(43-50)46-25-10-5-11-26-46/h3-43H,1-2H3. The van der Waals surface area contributed by atoms with Crippen LogP contribution in [0, 0.1) is 0 Å². The van der Waals surface area contributed by atoms with Crippen molar-refractivity contribution in [1.82, 2.24) is 0 Å². The summed E-state index contributed by atoms with van der Waals surface area (Å²) in [5.41, 5.74) is 22.8. The van der Waals surface area contributed by atoms with E-state index in [-0.39, 0.29) is 5.41 Å². The van der Waals surface area contributed by atoms with Crippen molar-refractivity contribution >= 4 is 17.1 Å². The molecule has 1 spiro atoms. The number of nitrogens with zero attached hydrogens (tertiary/aromatic N) is 1. The summed E-state index contributed by atoms with van der Waals surface area (Å²) in [4.78, 5) is 2.47. The first kappa shape index (κ1) is 38.7. The van der Waals surface area contributed by atoms with E-state index in [0.717, 1.165) is 17.1 Å². The predicted molar refractivity (Wildman–Crippen MR) is 272 cm³/mol. The second kappa shape index (κ2) is 15.4. The van der Waals surface area contributed by atoms with Crippen LogP contribution in [0.2, 0.25) is 0 Å². The van der Waals surface area contributed by atoms with Crippen LogP contribution in [0.25, 0.3) is 55.6 Å². The van der Waals surface area contributed by atoms with Crippen molar-refractivity contribution in [2.24, 2.45) is 0 Å². The van der Waals surface area contributed by atoms with Gasteiger partial charge in [-0.1, -0.05) is 226 Å². The van der Waals surface area contributed by atoms with Crippen molar-refractivity contribution in [3.05, 3.63) is 282 Å². The summed E-state index contributed by atoms with van der Waals surface area (Å²) in [6, 6.07) is 92.1. The van der Waals surface area contributed by atoms with Crippen molar-refractivity contribution in [3.8, 4) is 55.6 Å². The summed E-state index contributed by atoms with van der Waals surface area (Å²) in [7, 11) is 0. The van der Waals surface area contributed by atoms with Crippen LogP contribution in [0.15, 0.2) is 249 Å². The van der Waals surface area contributed by atoms with Gasteiger partial charge in [0.05, 0.1) is 11.1 Å². The van der Waals surface area contributed by atoms with Gasteiger partial charge >= 0.3 is 0 Å². The molecule has 1 nitrogen and oxygen atoms in total. The van der Waals surface area contributed by atoms with Crippen molar-refractivity contribution in [2.45, 2.75) is 24.7 Å². The molecule has 0 N–H and O–H groups in total. The molecule has 0 heterocycles. The molecule has 10 aromatic carbocycles. The van der Waals surface area contributed by atoms with Crippen molar-refractivity contribution < 1.29 is 0 Å². The summed E-state index contributed by atoms with van der Waals surface area (Å²) in [6.45, 7) is 4.81. The van der Waals surface area contributed by atoms with Gasteiger partial charge in [-0.25, -0.2) is 0 Å². The van der Waals surface area contributed by atoms with E-state index in [4.69, 9.17) is 0 Å². The maximum Gasteiger partial charge on any atom is 0.0719 e. The lowest BCUT2D eigenvalue weighted by Crippen LogP contribution is -2.40. The summed E-state index contributed by atoms with van der Waals surface area (Å²) in [5.74, 6) is 0. The lowest BCUT2D eigenvalue weighted by atomic mass is 9.55. The zero-order chi connectivity index (χ0) is 43.5. The molecule has 2 aliphatic rings. The number of rotatable bonds is 7. The average molecular weight is 830 g/mol. The first-order valence-electron chi connectivity index (χ1n) is 22.8.